The topological polar surface area (TPSA) is 65.4 Å². The minimum absolute atomic E-state index is 0.168. The number of anilines is 1. The van der Waals surface area contributed by atoms with Gasteiger partial charge in [-0.25, -0.2) is 4.68 Å². The van der Waals surface area contributed by atoms with E-state index in [1.165, 1.54) is 0 Å². The molecule has 6 heteroatoms. The number of aryl methyl sites for hydroxylation is 1. The summed E-state index contributed by atoms with van der Waals surface area (Å²) in [5.74, 6) is 1.81. The highest BCUT2D eigenvalue weighted by Crippen LogP contribution is 2.28. The van der Waals surface area contributed by atoms with Gasteiger partial charge in [0.2, 0.25) is 0 Å². The Morgan fingerprint density at radius 2 is 1.77 bits per heavy atom. The van der Waals surface area contributed by atoms with E-state index in [4.69, 9.17) is 9.47 Å². The quantitative estimate of drug-likeness (QED) is 0.738. The van der Waals surface area contributed by atoms with Crippen LogP contribution in [-0.4, -0.2) is 29.9 Å². The third kappa shape index (κ3) is 3.85. The maximum atomic E-state index is 12.4. The largest absolute Gasteiger partial charge is 0.493 e. The van der Waals surface area contributed by atoms with Crippen LogP contribution in [-0.2, 0) is 6.54 Å². The number of carbonyl (C=O) groups excluding carboxylic acids is 1. The summed E-state index contributed by atoms with van der Waals surface area (Å²) in [5.41, 5.74) is 2.42. The van der Waals surface area contributed by atoms with E-state index in [1.54, 1.807) is 31.0 Å². The number of nitrogens with one attached hydrogen (secondary N) is 1. The van der Waals surface area contributed by atoms with Crippen molar-refractivity contribution in [3.63, 3.8) is 0 Å². The Kier molecular flexibility index (Phi) is 5.22. The lowest BCUT2D eigenvalue weighted by atomic mass is 10.2. The van der Waals surface area contributed by atoms with Crippen molar-refractivity contribution in [3.05, 3.63) is 71.4 Å². The highest BCUT2D eigenvalue weighted by atomic mass is 16.5. The summed E-state index contributed by atoms with van der Waals surface area (Å²) >= 11 is 0. The van der Waals surface area contributed by atoms with Crippen LogP contribution in [0, 0.1) is 6.92 Å². The van der Waals surface area contributed by atoms with Crippen LogP contribution in [0.4, 0.5) is 5.82 Å². The molecule has 134 valence electrons. The number of aromatic nitrogens is 2. The Hall–Kier alpha value is -3.28. The number of benzene rings is 2. The molecule has 3 rings (SSSR count). The molecule has 0 bridgehead atoms. The van der Waals surface area contributed by atoms with Crippen LogP contribution in [0.25, 0.3) is 0 Å². The van der Waals surface area contributed by atoms with Crippen molar-refractivity contribution in [2.75, 3.05) is 19.5 Å². The van der Waals surface area contributed by atoms with Crippen LogP contribution >= 0.6 is 0 Å². The Balaban J connectivity index is 1.82. The normalized spacial score (nSPS) is 10.4. The Labute approximate surface area is 152 Å². The van der Waals surface area contributed by atoms with E-state index in [0.717, 1.165) is 11.3 Å². The molecule has 1 amide bonds. The summed E-state index contributed by atoms with van der Waals surface area (Å²) in [6.45, 7) is 2.39. The molecule has 0 atom stereocenters. The van der Waals surface area contributed by atoms with Crippen molar-refractivity contribution in [3.8, 4) is 11.5 Å². The van der Waals surface area contributed by atoms with Gasteiger partial charge in [-0.05, 0) is 36.8 Å². The van der Waals surface area contributed by atoms with Gasteiger partial charge in [0.05, 0.1) is 26.5 Å². The summed E-state index contributed by atoms with van der Waals surface area (Å²) in [7, 11) is 3.21. The molecule has 0 spiro atoms. The molecule has 0 saturated carbocycles. The van der Waals surface area contributed by atoms with Gasteiger partial charge in [0.15, 0.2) is 11.5 Å². The zero-order chi connectivity index (χ0) is 18.5. The van der Waals surface area contributed by atoms with Crippen molar-refractivity contribution in [1.29, 1.82) is 0 Å². The molecule has 1 aromatic heterocycles. The fourth-order valence-electron chi connectivity index (χ4n) is 2.70. The number of hydrogen-bond acceptors (Lipinski definition) is 4. The van der Waals surface area contributed by atoms with E-state index < -0.39 is 0 Å². The van der Waals surface area contributed by atoms with Gasteiger partial charge in [-0.1, -0.05) is 24.3 Å². The second kappa shape index (κ2) is 7.74. The van der Waals surface area contributed by atoms with Gasteiger partial charge < -0.3 is 14.8 Å². The minimum Gasteiger partial charge on any atom is -0.493 e. The highest BCUT2D eigenvalue weighted by molar-refractivity contribution is 6.03. The molecule has 0 saturated heterocycles. The smallest absolute Gasteiger partial charge is 0.256 e. The first kappa shape index (κ1) is 17.5. The molecule has 0 fully saturated rings. The molecule has 26 heavy (non-hydrogen) atoms. The van der Waals surface area contributed by atoms with Gasteiger partial charge in [-0.3, -0.25) is 4.79 Å². The van der Waals surface area contributed by atoms with Crippen LogP contribution in [0.5, 0.6) is 11.5 Å². The number of amides is 1. The summed E-state index contributed by atoms with van der Waals surface area (Å²) in [5, 5.41) is 7.41. The predicted molar refractivity (Wildman–Crippen MR) is 100 cm³/mol. The van der Waals surface area contributed by atoms with Crippen molar-refractivity contribution in [2.24, 2.45) is 0 Å². The van der Waals surface area contributed by atoms with E-state index >= 15 is 0 Å². The summed E-state index contributed by atoms with van der Waals surface area (Å²) in [6, 6.07) is 16.6. The average molecular weight is 351 g/mol. The fourth-order valence-corrected chi connectivity index (χ4v) is 2.70. The fraction of sp³-hybridized carbons (Fsp3) is 0.200. The highest BCUT2D eigenvalue weighted by Gasteiger charge is 2.12. The SMILES string of the molecule is COc1ccc(Cn2nc(C)cc2NC(=O)c2ccccc2)cc1OC. The Morgan fingerprint density at radius 3 is 2.46 bits per heavy atom. The van der Waals surface area contributed by atoms with Crippen LogP contribution in [0.1, 0.15) is 21.6 Å². The van der Waals surface area contributed by atoms with Gasteiger partial charge in [0, 0.05) is 11.6 Å². The number of nitrogens with zero attached hydrogens (tertiary/aromatic N) is 2. The molecule has 0 aliphatic carbocycles. The number of ether oxygens (including phenoxy) is 2. The van der Waals surface area contributed by atoms with Crippen LogP contribution in [0.15, 0.2) is 54.6 Å². The van der Waals surface area contributed by atoms with Gasteiger partial charge >= 0.3 is 0 Å². The first-order valence-corrected chi connectivity index (χ1v) is 8.22. The molecule has 6 nitrogen and oxygen atoms in total. The van der Waals surface area contributed by atoms with E-state index in [2.05, 4.69) is 10.4 Å². The molecule has 0 radical (unpaired) electrons. The molecule has 2 aromatic carbocycles. The number of methoxy groups -OCH3 is 2. The van der Waals surface area contributed by atoms with E-state index in [0.29, 0.717) is 29.4 Å². The first-order chi connectivity index (χ1) is 12.6. The van der Waals surface area contributed by atoms with E-state index in [-0.39, 0.29) is 5.91 Å². The third-order valence-electron chi connectivity index (χ3n) is 3.96. The average Bonchev–Trinajstić information content (AvgIpc) is 3.01. The molecular formula is C20H21N3O3. The lowest BCUT2D eigenvalue weighted by Crippen LogP contribution is -2.16. The lowest BCUT2D eigenvalue weighted by molar-refractivity contribution is 0.102. The molecule has 1 N–H and O–H groups in total. The first-order valence-electron chi connectivity index (χ1n) is 8.22. The van der Waals surface area contributed by atoms with Gasteiger partial charge in [0.1, 0.15) is 5.82 Å². The van der Waals surface area contributed by atoms with Crippen molar-refractivity contribution in [1.82, 2.24) is 9.78 Å². The van der Waals surface area contributed by atoms with Gasteiger partial charge in [-0.15, -0.1) is 0 Å². The number of rotatable bonds is 6. The zero-order valence-corrected chi connectivity index (χ0v) is 15.0. The van der Waals surface area contributed by atoms with Crippen LogP contribution < -0.4 is 14.8 Å². The summed E-state index contributed by atoms with van der Waals surface area (Å²) in [4.78, 5) is 12.4. The maximum Gasteiger partial charge on any atom is 0.256 e. The Morgan fingerprint density at radius 1 is 1.04 bits per heavy atom. The predicted octanol–water partition coefficient (Wildman–Crippen LogP) is 3.51. The van der Waals surface area contributed by atoms with Crippen LogP contribution in [0.2, 0.25) is 0 Å². The van der Waals surface area contributed by atoms with Gasteiger partial charge in [0.25, 0.3) is 5.91 Å². The van der Waals surface area contributed by atoms with Gasteiger partial charge in [-0.2, -0.15) is 5.10 Å². The maximum absolute atomic E-state index is 12.4. The van der Waals surface area contributed by atoms with Crippen LogP contribution in [0.3, 0.4) is 0 Å². The molecule has 3 aromatic rings. The second-order valence-electron chi connectivity index (χ2n) is 5.84. The summed E-state index contributed by atoms with van der Waals surface area (Å²) in [6.07, 6.45) is 0. The van der Waals surface area contributed by atoms with Crippen molar-refractivity contribution in [2.45, 2.75) is 13.5 Å². The standard InChI is InChI=1S/C20H21N3O3/c1-14-11-19(21-20(24)16-7-5-4-6-8-16)23(22-14)13-15-9-10-17(25-2)18(12-15)26-3/h4-12H,13H2,1-3H3,(H,21,24). The number of hydrogen-bond donors (Lipinski definition) is 1. The monoisotopic (exact) mass is 351 g/mol. The number of carbonyl (C=O) groups is 1. The molecule has 0 aliphatic heterocycles. The van der Waals surface area contributed by atoms with E-state index in [1.807, 2.05) is 49.4 Å². The molecule has 1 heterocycles. The molecule has 0 aliphatic rings. The molecular weight excluding hydrogens is 330 g/mol. The van der Waals surface area contributed by atoms with Crippen molar-refractivity contribution < 1.29 is 14.3 Å². The van der Waals surface area contributed by atoms with Crippen molar-refractivity contribution >= 4 is 11.7 Å². The molecule has 0 unspecified atom stereocenters. The summed E-state index contributed by atoms with van der Waals surface area (Å²) < 4.78 is 12.4. The zero-order valence-electron chi connectivity index (χ0n) is 15.0. The third-order valence-corrected chi connectivity index (χ3v) is 3.96. The second-order valence-corrected chi connectivity index (χ2v) is 5.84. The Bertz CT molecular complexity index is 904. The minimum atomic E-state index is -0.168. The van der Waals surface area contributed by atoms with E-state index in [9.17, 15) is 4.79 Å². The lowest BCUT2D eigenvalue weighted by Gasteiger charge is -2.12.